The Labute approximate surface area is 155 Å². The van der Waals surface area contributed by atoms with E-state index < -0.39 is 0 Å². The molecule has 4 nitrogen and oxygen atoms in total. The Bertz CT molecular complexity index is 641. The first-order valence-corrected chi connectivity index (χ1v) is 8.58. The highest BCUT2D eigenvalue weighted by Crippen LogP contribution is 2.14. The van der Waals surface area contributed by atoms with E-state index in [4.69, 9.17) is 4.74 Å². The maximum atomic E-state index is 12.1. The summed E-state index contributed by atoms with van der Waals surface area (Å²) in [6, 6.07) is 17.9. The lowest BCUT2D eigenvalue weighted by molar-refractivity contribution is -0.123. The van der Waals surface area contributed by atoms with Crippen molar-refractivity contribution in [2.45, 2.75) is 38.5 Å². The van der Waals surface area contributed by atoms with E-state index in [1.165, 1.54) is 0 Å². The topological polar surface area (TPSA) is 50.4 Å². The van der Waals surface area contributed by atoms with Crippen LogP contribution in [0.3, 0.4) is 0 Å². The van der Waals surface area contributed by atoms with E-state index in [1.807, 2.05) is 54.6 Å². The second kappa shape index (κ2) is 10.1. The lowest BCUT2D eigenvalue weighted by atomic mass is 10.0. The molecule has 0 saturated carbocycles. The molecule has 1 fully saturated rings. The minimum atomic E-state index is -0.0350. The predicted octanol–water partition coefficient (Wildman–Crippen LogP) is 3.45. The molecular weight excluding hydrogens is 336 g/mol. The summed E-state index contributed by atoms with van der Waals surface area (Å²) >= 11 is 0. The van der Waals surface area contributed by atoms with E-state index in [1.54, 1.807) is 0 Å². The van der Waals surface area contributed by atoms with Crippen molar-refractivity contribution in [2.75, 3.05) is 6.54 Å². The molecule has 1 aliphatic rings. The molecule has 0 aromatic heterocycles. The van der Waals surface area contributed by atoms with E-state index >= 15 is 0 Å². The van der Waals surface area contributed by atoms with Gasteiger partial charge in [-0.05, 0) is 42.6 Å². The smallest absolute Gasteiger partial charge is 0.237 e. The van der Waals surface area contributed by atoms with Crippen LogP contribution < -0.4 is 15.4 Å². The van der Waals surface area contributed by atoms with Crippen LogP contribution in [0.1, 0.15) is 30.4 Å². The number of carbonyl (C=O) groups is 1. The number of carbonyl (C=O) groups excluding carboxylic acids is 1. The minimum Gasteiger partial charge on any atom is -0.489 e. The van der Waals surface area contributed by atoms with Crippen LogP contribution in [0.25, 0.3) is 0 Å². The van der Waals surface area contributed by atoms with Crippen molar-refractivity contribution in [3.05, 3.63) is 65.7 Å². The fraction of sp³-hybridized carbons (Fsp3) is 0.350. The third kappa shape index (κ3) is 6.07. The highest BCUT2D eigenvalue weighted by Gasteiger charge is 2.19. The first-order valence-electron chi connectivity index (χ1n) is 8.58. The lowest BCUT2D eigenvalue weighted by Crippen LogP contribution is -2.46. The molecule has 1 heterocycles. The maximum Gasteiger partial charge on any atom is 0.237 e. The first-order chi connectivity index (χ1) is 11.8. The van der Waals surface area contributed by atoms with Crippen LogP contribution in [0.2, 0.25) is 0 Å². The summed E-state index contributed by atoms with van der Waals surface area (Å²) in [7, 11) is 0. The molecule has 0 unspecified atom stereocenters. The molecule has 3 rings (SSSR count). The zero-order valence-corrected chi connectivity index (χ0v) is 15.1. The fourth-order valence-electron chi connectivity index (χ4n) is 2.83. The Morgan fingerprint density at radius 3 is 2.48 bits per heavy atom. The van der Waals surface area contributed by atoms with E-state index in [0.29, 0.717) is 13.2 Å². The molecule has 1 saturated heterocycles. The molecule has 1 amide bonds. The van der Waals surface area contributed by atoms with Crippen molar-refractivity contribution < 1.29 is 9.53 Å². The number of nitrogens with one attached hydrogen (secondary N) is 2. The van der Waals surface area contributed by atoms with Crippen molar-refractivity contribution in [2.24, 2.45) is 0 Å². The van der Waals surface area contributed by atoms with Crippen LogP contribution in [0.15, 0.2) is 54.6 Å². The number of rotatable bonds is 6. The van der Waals surface area contributed by atoms with Crippen molar-refractivity contribution in [1.29, 1.82) is 0 Å². The lowest BCUT2D eigenvalue weighted by Gasteiger charge is -2.22. The van der Waals surface area contributed by atoms with Gasteiger partial charge >= 0.3 is 0 Å². The zero-order valence-electron chi connectivity index (χ0n) is 14.2. The summed E-state index contributed by atoms with van der Waals surface area (Å²) in [6.45, 7) is 2.05. The predicted molar refractivity (Wildman–Crippen MR) is 102 cm³/mol. The van der Waals surface area contributed by atoms with Gasteiger partial charge < -0.3 is 15.4 Å². The van der Waals surface area contributed by atoms with Crippen molar-refractivity contribution >= 4 is 18.3 Å². The molecule has 2 N–H and O–H groups in total. The van der Waals surface area contributed by atoms with Crippen molar-refractivity contribution in [3.63, 3.8) is 0 Å². The van der Waals surface area contributed by atoms with Gasteiger partial charge in [0.15, 0.2) is 0 Å². The number of amides is 1. The molecule has 5 heteroatoms. The molecule has 1 atom stereocenters. The maximum absolute atomic E-state index is 12.1. The van der Waals surface area contributed by atoms with Crippen LogP contribution >= 0.6 is 12.4 Å². The molecule has 0 aliphatic carbocycles. The number of hydrogen-bond acceptors (Lipinski definition) is 3. The van der Waals surface area contributed by atoms with Gasteiger partial charge in [0.2, 0.25) is 5.91 Å². The molecule has 1 aliphatic heterocycles. The molecule has 2 aromatic carbocycles. The molecule has 25 heavy (non-hydrogen) atoms. The van der Waals surface area contributed by atoms with E-state index in [9.17, 15) is 4.79 Å². The van der Waals surface area contributed by atoms with Crippen LogP contribution in [-0.2, 0) is 17.9 Å². The van der Waals surface area contributed by atoms with E-state index in [0.717, 1.165) is 42.7 Å². The molecule has 134 valence electrons. The van der Waals surface area contributed by atoms with Gasteiger partial charge in [-0.15, -0.1) is 12.4 Å². The highest BCUT2D eigenvalue weighted by atomic mass is 35.5. The van der Waals surface area contributed by atoms with Crippen LogP contribution in [0.4, 0.5) is 0 Å². The minimum absolute atomic E-state index is 0. The molecule has 2 aromatic rings. The third-order valence-corrected chi connectivity index (χ3v) is 4.27. The van der Waals surface area contributed by atoms with E-state index in [2.05, 4.69) is 10.6 Å². The van der Waals surface area contributed by atoms with E-state index in [-0.39, 0.29) is 24.4 Å². The Hall–Kier alpha value is -2.04. The van der Waals surface area contributed by atoms with Gasteiger partial charge in [-0.3, -0.25) is 4.79 Å². The number of halogens is 1. The number of benzene rings is 2. The summed E-state index contributed by atoms with van der Waals surface area (Å²) in [5.74, 6) is 0.932. The van der Waals surface area contributed by atoms with Crippen molar-refractivity contribution in [1.82, 2.24) is 10.6 Å². The number of ether oxygens (including phenoxy) is 1. The zero-order chi connectivity index (χ0) is 16.6. The Morgan fingerprint density at radius 1 is 1.04 bits per heavy atom. The second-order valence-corrected chi connectivity index (χ2v) is 6.14. The fourth-order valence-corrected chi connectivity index (χ4v) is 2.83. The Balaban J connectivity index is 0.00000225. The summed E-state index contributed by atoms with van der Waals surface area (Å²) in [4.78, 5) is 12.1. The first kappa shape index (κ1) is 19.3. The van der Waals surface area contributed by atoms with Gasteiger partial charge in [-0.1, -0.05) is 48.9 Å². The average molecular weight is 361 g/mol. The van der Waals surface area contributed by atoms with Crippen molar-refractivity contribution in [3.8, 4) is 5.75 Å². The average Bonchev–Trinajstić information content (AvgIpc) is 2.67. The highest BCUT2D eigenvalue weighted by molar-refractivity contribution is 5.85. The summed E-state index contributed by atoms with van der Waals surface area (Å²) < 4.78 is 5.77. The normalized spacial score (nSPS) is 16.6. The largest absolute Gasteiger partial charge is 0.489 e. The summed E-state index contributed by atoms with van der Waals surface area (Å²) in [5, 5.41) is 6.27. The van der Waals surface area contributed by atoms with Gasteiger partial charge in [-0.2, -0.15) is 0 Å². The Kier molecular flexibility index (Phi) is 7.76. The van der Waals surface area contributed by atoms with Gasteiger partial charge in [0.05, 0.1) is 6.04 Å². The molecule has 0 radical (unpaired) electrons. The van der Waals surface area contributed by atoms with Crippen LogP contribution in [0.5, 0.6) is 5.75 Å². The standard InChI is InChI=1S/C20H24N2O2.ClH/c23-20(19-8-4-5-13-21-19)22-14-16-9-11-18(12-10-16)24-15-17-6-2-1-3-7-17;/h1-3,6-7,9-12,19,21H,4-5,8,13-15H2,(H,22,23);1H/t19-;/m1./s1. The number of hydrogen-bond donors (Lipinski definition) is 2. The third-order valence-electron chi connectivity index (χ3n) is 4.27. The second-order valence-electron chi connectivity index (χ2n) is 6.14. The quantitative estimate of drug-likeness (QED) is 0.829. The SMILES string of the molecule is Cl.O=C(NCc1ccc(OCc2ccccc2)cc1)[C@H]1CCCCN1. The Morgan fingerprint density at radius 2 is 1.80 bits per heavy atom. The number of piperidine rings is 1. The van der Waals surface area contributed by atoms with Gasteiger partial charge in [0.1, 0.15) is 12.4 Å². The van der Waals surface area contributed by atoms with Gasteiger partial charge in [-0.25, -0.2) is 0 Å². The molecule has 0 bridgehead atoms. The van der Waals surface area contributed by atoms with Gasteiger partial charge in [0, 0.05) is 6.54 Å². The molecular formula is C20H25ClN2O2. The molecule has 0 spiro atoms. The summed E-state index contributed by atoms with van der Waals surface area (Å²) in [5.41, 5.74) is 2.22. The van der Waals surface area contributed by atoms with Crippen LogP contribution in [-0.4, -0.2) is 18.5 Å². The summed E-state index contributed by atoms with van der Waals surface area (Å²) in [6.07, 6.45) is 3.21. The monoisotopic (exact) mass is 360 g/mol. The van der Waals surface area contributed by atoms with Crippen LogP contribution in [0, 0.1) is 0 Å². The van der Waals surface area contributed by atoms with Gasteiger partial charge in [0.25, 0.3) is 0 Å².